The minimum atomic E-state index is -3.98. The third-order valence-corrected chi connectivity index (χ3v) is 4.51. The van der Waals surface area contributed by atoms with Gasteiger partial charge in [0.15, 0.2) is 0 Å². The predicted octanol–water partition coefficient (Wildman–Crippen LogP) is 1.31. The number of rotatable bonds is 3. The van der Waals surface area contributed by atoms with Crippen molar-refractivity contribution in [2.75, 3.05) is 11.4 Å². The SMILES string of the molecule is NS(=O)(=O)c1ccc(N2CCCCCC2C(=O)O)c(F)c1. The van der Waals surface area contributed by atoms with Crippen LogP contribution in [-0.2, 0) is 14.8 Å². The molecule has 0 bridgehead atoms. The summed E-state index contributed by atoms with van der Waals surface area (Å²) in [5.74, 6) is -1.79. The molecule has 0 amide bonds. The Bertz CT molecular complexity index is 648. The molecule has 1 unspecified atom stereocenters. The van der Waals surface area contributed by atoms with Gasteiger partial charge in [-0.25, -0.2) is 22.7 Å². The Hall–Kier alpha value is -1.67. The largest absolute Gasteiger partial charge is 0.480 e. The van der Waals surface area contributed by atoms with E-state index in [0.29, 0.717) is 13.0 Å². The van der Waals surface area contributed by atoms with Gasteiger partial charge in [-0.3, -0.25) is 0 Å². The van der Waals surface area contributed by atoms with Crippen LogP contribution in [0.2, 0.25) is 0 Å². The van der Waals surface area contributed by atoms with E-state index in [0.717, 1.165) is 25.3 Å². The van der Waals surface area contributed by atoms with Crippen LogP contribution >= 0.6 is 0 Å². The van der Waals surface area contributed by atoms with E-state index in [1.54, 1.807) is 0 Å². The van der Waals surface area contributed by atoms with Crippen molar-refractivity contribution in [2.45, 2.75) is 36.6 Å². The highest BCUT2D eigenvalue weighted by atomic mass is 32.2. The minimum absolute atomic E-state index is 0.0942. The summed E-state index contributed by atoms with van der Waals surface area (Å²) in [5, 5.41) is 14.2. The van der Waals surface area contributed by atoms with Crippen molar-refractivity contribution in [2.24, 2.45) is 5.14 Å². The fourth-order valence-electron chi connectivity index (χ4n) is 2.55. The van der Waals surface area contributed by atoms with Gasteiger partial charge in [0.2, 0.25) is 10.0 Å². The molecule has 0 saturated carbocycles. The minimum Gasteiger partial charge on any atom is -0.480 e. The molecule has 1 atom stereocenters. The Kier molecular flexibility index (Phi) is 4.48. The molecule has 2 rings (SSSR count). The average Bonchev–Trinajstić information content (AvgIpc) is 2.63. The van der Waals surface area contributed by atoms with E-state index >= 15 is 0 Å². The first kappa shape index (κ1) is 15.7. The molecule has 3 N–H and O–H groups in total. The van der Waals surface area contributed by atoms with E-state index in [1.165, 1.54) is 17.0 Å². The van der Waals surface area contributed by atoms with Gasteiger partial charge < -0.3 is 10.0 Å². The van der Waals surface area contributed by atoms with Crippen LogP contribution in [0.1, 0.15) is 25.7 Å². The number of nitrogens with zero attached hydrogens (tertiary/aromatic N) is 1. The van der Waals surface area contributed by atoms with Crippen molar-refractivity contribution in [3.05, 3.63) is 24.0 Å². The van der Waals surface area contributed by atoms with Crippen molar-refractivity contribution in [1.82, 2.24) is 0 Å². The molecule has 1 saturated heterocycles. The number of hydrogen-bond acceptors (Lipinski definition) is 4. The maximum atomic E-state index is 14.2. The molecule has 1 aromatic rings. The lowest BCUT2D eigenvalue weighted by molar-refractivity contribution is -0.138. The van der Waals surface area contributed by atoms with Crippen molar-refractivity contribution < 1.29 is 22.7 Å². The fraction of sp³-hybridized carbons (Fsp3) is 0.462. The van der Waals surface area contributed by atoms with Crippen LogP contribution in [0.25, 0.3) is 0 Å². The summed E-state index contributed by atoms with van der Waals surface area (Å²) in [6, 6.07) is 2.49. The Balaban J connectivity index is 2.41. The zero-order chi connectivity index (χ0) is 15.6. The standard InChI is InChI=1S/C13H17FN2O4S/c14-10-8-9(21(15,19)20)5-6-11(10)16-7-3-1-2-4-12(16)13(17)18/h5-6,8,12H,1-4,7H2,(H,17,18)(H2,15,19,20). The maximum absolute atomic E-state index is 14.2. The Morgan fingerprint density at radius 1 is 1.33 bits per heavy atom. The van der Waals surface area contributed by atoms with Crippen LogP contribution in [0.15, 0.2) is 23.1 Å². The molecule has 0 aromatic heterocycles. The third kappa shape index (κ3) is 3.51. The van der Waals surface area contributed by atoms with E-state index in [2.05, 4.69) is 0 Å². The van der Waals surface area contributed by atoms with Crippen molar-refractivity contribution >= 4 is 21.7 Å². The number of primary sulfonamides is 1. The lowest BCUT2D eigenvalue weighted by Crippen LogP contribution is -2.41. The van der Waals surface area contributed by atoms with Gasteiger partial charge in [-0.1, -0.05) is 12.8 Å². The second-order valence-electron chi connectivity index (χ2n) is 5.05. The lowest BCUT2D eigenvalue weighted by Gasteiger charge is -2.29. The number of benzene rings is 1. The first-order chi connectivity index (χ1) is 9.80. The Morgan fingerprint density at radius 2 is 2.05 bits per heavy atom. The number of nitrogens with two attached hydrogens (primary N) is 1. The molecule has 0 aliphatic carbocycles. The van der Waals surface area contributed by atoms with Crippen LogP contribution in [0.5, 0.6) is 0 Å². The van der Waals surface area contributed by atoms with Crippen molar-refractivity contribution in [3.8, 4) is 0 Å². The molecular weight excluding hydrogens is 299 g/mol. The molecule has 21 heavy (non-hydrogen) atoms. The number of carbonyl (C=O) groups is 1. The normalized spacial score (nSPS) is 20.1. The first-order valence-corrected chi connectivity index (χ1v) is 8.17. The van der Waals surface area contributed by atoms with E-state index in [1.807, 2.05) is 0 Å². The number of halogens is 1. The molecule has 1 aromatic carbocycles. The zero-order valence-electron chi connectivity index (χ0n) is 11.3. The van der Waals surface area contributed by atoms with Gasteiger partial charge >= 0.3 is 5.97 Å². The molecule has 0 spiro atoms. The summed E-state index contributed by atoms with van der Waals surface area (Å²) in [5.41, 5.74) is 0.0942. The van der Waals surface area contributed by atoms with Gasteiger partial charge in [-0.05, 0) is 31.0 Å². The second kappa shape index (κ2) is 5.98. The molecule has 1 fully saturated rings. The summed E-state index contributed by atoms with van der Waals surface area (Å²) in [6.07, 6.45) is 2.85. The Morgan fingerprint density at radius 3 is 2.62 bits per heavy atom. The van der Waals surface area contributed by atoms with Gasteiger partial charge in [-0.2, -0.15) is 0 Å². The maximum Gasteiger partial charge on any atom is 0.326 e. The monoisotopic (exact) mass is 316 g/mol. The lowest BCUT2D eigenvalue weighted by atomic mass is 10.1. The fourth-order valence-corrected chi connectivity index (χ4v) is 3.08. The number of aliphatic carboxylic acids is 1. The number of hydrogen-bond donors (Lipinski definition) is 2. The summed E-state index contributed by atoms with van der Waals surface area (Å²) in [4.78, 5) is 12.5. The highest BCUT2D eigenvalue weighted by Gasteiger charge is 2.29. The second-order valence-corrected chi connectivity index (χ2v) is 6.62. The first-order valence-electron chi connectivity index (χ1n) is 6.62. The van der Waals surface area contributed by atoms with Gasteiger partial charge in [0.05, 0.1) is 10.6 Å². The van der Waals surface area contributed by atoms with E-state index in [-0.39, 0.29) is 10.6 Å². The van der Waals surface area contributed by atoms with Crippen molar-refractivity contribution in [3.63, 3.8) is 0 Å². The van der Waals surface area contributed by atoms with Crippen molar-refractivity contribution in [1.29, 1.82) is 0 Å². The van der Waals surface area contributed by atoms with Crippen LogP contribution in [-0.4, -0.2) is 32.1 Å². The van der Waals surface area contributed by atoms with Crippen LogP contribution in [0.3, 0.4) is 0 Å². The molecule has 116 valence electrons. The molecule has 0 radical (unpaired) electrons. The van der Waals surface area contributed by atoms with Crippen LogP contribution < -0.4 is 10.0 Å². The summed E-state index contributed by atoms with van der Waals surface area (Å²) in [7, 11) is -3.98. The van der Waals surface area contributed by atoms with Gasteiger partial charge in [0.25, 0.3) is 0 Å². The number of anilines is 1. The quantitative estimate of drug-likeness (QED) is 0.875. The van der Waals surface area contributed by atoms with Gasteiger partial charge in [0.1, 0.15) is 11.9 Å². The topological polar surface area (TPSA) is 101 Å². The highest BCUT2D eigenvalue weighted by molar-refractivity contribution is 7.89. The van der Waals surface area contributed by atoms with Crippen LogP contribution in [0.4, 0.5) is 10.1 Å². The van der Waals surface area contributed by atoms with E-state index in [9.17, 15) is 22.7 Å². The molecule has 6 nitrogen and oxygen atoms in total. The molecular formula is C13H17FN2O4S. The molecule has 1 aliphatic heterocycles. The van der Waals surface area contributed by atoms with E-state index in [4.69, 9.17) is 5.14 Å². The Labute approximate surface area is 122 Å². The molecule has 1 heterocycles. The third-order valence-electron chi connectivity index (χ3n) is 3.59. The number of sulfonamides is 1. The number of carboxylic acid groups (broad SMARTS) is 1. The summed E-state index contributed by atoms with van der Waals surface area (Å²) >= 11 is 0. The zero-order valence-corrected chi connectivity index (χ0v) is 12.1. The predicted molar refractivity (Wildman–Crippen MR) is 75.0 cm³/mol. The smallest absolute Gasteiger partial charge is 0.326 e. The van der Waals surface area contributed by atoms with Gasteiger partial charge in [-0.15, -0.1) is 0 Å². The van der Waals surface area contributed by atoms with Crippen LogP contribution in [0, 0.1) is 5.82 Å². The number of carboxylic acids is 1. The average molecular weight is 316 g/mol. The van der Waals surface area contributed by atoms with Gasteiger partial charge in [0, 0.05) is 6.54 Å². The molecule has 1 aliphatic rings. The molecule has 8 heteroatoms. The summed E-state index contributed by atoms with van der Waals surface area (Å²) < 4.78 is 36.6. The highest BCUT2D eigenvalue weighted by Crippen LogP contribution is 2.28. The summed E-state index contributed by atoms with van der Waals surface area (Å²) in [6.45, 7) is 0.419. The van der Waals surface area contributed by atoms with E-state index < -0.39 is 27.9 Å².